The Morgan fingerprint density at radius 1 is 1.28 bits per heavy atom. The molecule has 0 bridgehead atoms. The molecule has 1 heterocycles. The minimum Gasteiger partial charge on any atom is -0.481 e. The summed E-state index contributed by atoms with van der Waals surface area (Å²) in [7, 11) is 1.48. The van der Waals surface area contributed by atoms with Gasteiger partial charge in [-0.05, 0) is 18.2 Å². The molecule has 0 spiro atoms. The number of ether oxygens (including phenoxy) is 2. The monoisotopic (exact) mass is 358 g/mol. The lowest BCUT2D eigenvalue weighted by Crippen LogP contribution is -2.21. The molecule has 1 amide bonds. The summed E-state index contributed by atoms with van der Waals surface area (Å²) in [4.78, 5) is 28.8. The van der Waals surface area contributed by atoms with E-state index in [0.29, 0.717) is 11.6 Å². The average Bonchev–Trinajstić information content (AvgIpc) is 2.65. The van der Waals surface area contributed by atoms with E-state index in [1.807, 2.05) is 18.2 Å². The summed E-state index contributed by atoms with van der Waals surface area (Å²) < 4.78 is 9.92. The number of hydrogen-bond donors (Lipinski definition) is 1. The lowest BCUT2D eigenvalue weighted by Gasteiger charge is -2.10. The van der Waals surface area contributed by atoms with Crippen molar-refractivity contribution in [1.29, 1.82) is 0 Å². The molecule has 0 aliphatic heterocycles. The molecular weight excluding hydrogens is 340 g/mol. The highest BCUT2D eigenvalue weighted by Crippen LogP contribution is 2.26. The third-order valence-corrected chi connectivity index (χ3v) is 4.10. The van der Waals surface area contributed by atoms with E-state index in [1.54, 1.807) is 30.0 Å². The Bertz CT molecular complexity index is 747. The molecule has 0 aliphatic carbocycles. The van der Waals surface area contributed by atoms with Gasteiger partial charge in [0.15, 0.2) is 6.61 Å². The standard InChI is InChI=1S/C18H18N2O4S/c1-3-10-25-15-7-5-4-6-14(15)20-16(21)12-24-18(22)13-8-9-17(23-2)19-11-13/h3-9,11H,1,10,12H2,2H3,(H,20,21). The van der Waals surface area contributed by atoms with Crippen LogP contribution in [0, 0.1) is 0 Å². The van der Waals surface area contributed by atoms with Gasteiger partial charge in [-0.2, -0.15) is 0 Å². The molecule has 2 rings (SSSR count). The zero-order valence-corrected chi connectivity index (χ0v) is 14.5. The molecule has 0 unspecified atom stereocenters. The smallest absolute Gasteiger partial charge is 0.340 e. The predicted octanol–water partition coefficient (Wildman–Crippen LogP) is 3.16. The summed E-state index contributed by atoms with van der Waals surface area (Å²) in [6.45, 7) is 3.29. The van der Waals surface area contributed by atoms with Crippen molar-refractivity contribution >= 4 is 29.3 Å². The highest BCUT2D eigenvalue weighted by atomic mass is 32.2. The van der Waals surface area contributed by atoms with E-state index in [9.17, 15) is 9.59 Å². The van der Waals surface area contributed by atoms with Gasteiger partial charge in [-0.1, -0.05) is 18.2 Å². The number of nitrogens with one attached hydrogen (secondary N) is 1. The molecule has 0 fully saturated rings. The topological polar surface area (TPSA) is 77.5 Å². The van der Waals surface area contributed by atoms with Crippen molar-refractivity contribution in [2.45, 2.75) is 4.90 Å². The van der Waals surface area contributed by atoms with E-state index in [2.05, 4.69) is 16.9 Å². The molecule has 0 saturated heterocycles. The molecule has 2 aromatic rings. The van der Waals surface area contributed by atoms with E-state index < -0.39 is 11.9 Å². The van der Waals surface area contributed by atoms with Crippen LogP contribution in [0.15, 0.2) is 60.1 Å². The van der Waals surface area contributed by atoms with Crippen LogP contribution in [0.2, 0.25) is 0 Å². The Morgan fingerprint density at radius 3 is 2.76 bits per heavy atom. The van der Waals surface area contributed by atoms with Crippen molar-refractivity contribution in [2.24, 2.45) is 0 Å². The number of esters is 1. The second-order valence-corrected chi connectivity index (χ2v) is 5.87. The lowest BCUT2D eigenvalue weighted by molar-refractivity contribution is -0.119. The van der Waals surface area contributed by atoms with Crippen LogP contribution in [-0.4, -0.2) is 36.3 Å². The van der Waals surface area contributed by atoms with Gasteiger partial charge in [0, 0.05) is 22.9 Å². The summed E-state index contributed by atoms with van der Waals surface area (Å²) in [6.07, 6.45) is 3.12. The molecule has 7 heteroatoms. The number of methoxy groups -OCH3 is 1. The van der Waals surface area contributed by atoms with Crippen molar-refractivity contribution in [2.75, 3.05) is 24.8 Å². The summed E-state index contributed by atoms with van der Waals surface area (Å²) in [5, 5.41) is 2.74. The molecule has 1 N–H and O–H groups in total. The third kappa shape index (κ3) is 5.65. The van der Waals surface area contributed by atoms with Gasteiger partial charge < -0.3 is 14.8 Å². The van der Waals surface area contributed by atoms with Crippen LogP contribution >= 0.6 is 11.8 Å². The number of rotatable bonds is 8. The quantitative estimate of drug-likeness (QED) is 0.444. The summed E-state index contributed by atoms with van der Waals surface area (Å²) in [6, 6.07) is 10.5. The SMILES string of the molecule is C=CCSc1ccccc1NC(=O)COC(=O)c1ccc(OC)nc1. The van der Waals surface area contributed by atoms with Crippen LogP contribution in [0.1, 0.15) is 10.4 Å². The fourth-order valence-corrected chi connectivity index (χ4v) is 2.61. The molecule has 0 atom stereocenters. The maximum absolute atomic E-state index is 12.0. The molecule has 0 aliphatic rings. The molecule has 0 saturated carbocycles. The van der Waals surface area contributed by atoms with Gasteiger partial charge in [0.25, 0.3) is 5.91 Å². The van der Waals surface area contributed by atoms with Gasteiger partial charge >= 0.3 is 5.97 Å². The Labute approximate surface area is 150 Å². The van der Waals surface area contributed by atoms with Crippen LogP contribution in [0.3, 0.4) is 0 Å². The van der Waals surface area contributed by atoms with Gasteiger partial charge in [-0.15, -0.1) is 18.3 Å². The fourth-order valence-electron chi connectivity index (χ4n) is 1.87. The molecule has 1 aromatic carbocycles. The highest BCUT2D eigenvalue weighted by molar-refractivity contribution is 7.99. The number of aromatic nitrogens is 1. The normalized spacial score (nSPS) is 9.96. The number of amides is 1. The van der Waals surface area contributed by atoms with E-state index in [0.717, 1.165) is 10.6 Å². The van der Waals surface area contributed by atoms with Crippen LogP contribution in [0.25, 0.3) is 0 Å². The van der Waals surface area contributed by atoms with Crippen LogP contribution in [0.4, 0.5) is 5.69 Å². The van der Waals surface area contributed by atoms with E-state index in [4.69, 9.17) is 9.47 Å². The largest absolute Gasteiger partial charge is 0.481 e. The number of carbonyl (C=O) groups is 2. The summed E-state index contributed by atoms with van der Waals surface area (Å²) in [5.74, 6) is 0.0795. The first kappa shape index (κ1) is 18.5. The zero-order chi connectivity index (χ0) is 18.1. The first-order chi connectivity index (χ1) is 12.1. The van der Waals surface area contributed by atoms with Crippen LogP contribution in [0.5, 0.6) is 5.88 Å². The first-order valence-corrected chi connectivity index (χ1v) is 8.42. The summed E-state index contributed by atoms with van der Waals surface area (Å²) in [5.41, 5.74) is 0.914. The van der Waals surface area contributed by atoms with Gasteiger partial charge in [0.2, 0.25) is 5.88 Å². The molecule has 130 valence electrons. The van der Waals surface area contributed by atoms with Crippen molar-refractivity contribution < 1.29 is 19.1 Å². The molecule has 25 heavy (non-hydrogen) atoms. The average molecular weight is 358 g/mol. The number of nitrogens with zero attached hydrogens (tertiary/aromatic N) is 1. The number of carbonyl (C=O) groups excluding carboxylic acids is 2. The van der Waals surface area contributed by atoms with Crippen molar-refractivity contribution in [3.8, 4) is 5.88 Å². The molecular formula is C18H18N2O4S. The van der Waals surface area contributed by atoms with Gasteiger partial charge in [0.05, 0.1) is 18.4 Å². The number of para-hydroxylation sites is 1. The Hall–Kier alpha value is -2.80. The zero-order valence-electron chi connectivity index (χ0n) is 13.7. The van der Waals surface area contributed by atoms with Gasteiger partial charge in [-0.3, -0.25) is 4.79 Å². The maximum Gasteiger partial charge on any atom is 0.340 e. The number of hydrogen-bond acceptors (Lipinski definition) is 6. The predicted molar refractivity (Wildman–Crippen MR) is 97.1 cm³/mol. The minimum absolute atomic E-state index is 0.246. The minimum atomic E-state index is -0.625. The van der Waals surface area contributed by atoms with Gasteiger partial charge in [0.1, 0.15) is 0 Å². The first-order valence-electron chi connectivity index (χ1n) is 7.43. The highest BCUT2D eigenvalue weighted by Gasteiger charge is 2.12. The molecule has 1 aromatic heterocycles. The Balaban J connectivity index is 1.90. The second-order valence-electron chi connectivity index (χ2n) is 4.81. The number of pyridine rings is 1. The van der Waals surface area contributed by atoms with Crippen LogP contribution in [-0.2, 0) is 9.53 Å². The summed E-state index contributed by atoms with van der Waals surface area (Å²) >= 11 is 1.55. The Kier molecular flexibility index (Phi) is 7.03. The van der Waals surface area contributed by atoms with Crippen molar-refractivity contribution in [1.82, 2.24) is 4.98 Å². The third-order valence-electron chi connectivity index (χ3n) is 3.03. The van der Waals surface area contributed by atoms with Crippen molar-refractivity contribution in [3.63, 3.8) is 0 Å². The molecule has 0 radical (unpaired) electrons. The Morgan fingerprint density at radius 2 is 2.08 bits per heavy atom. The number of benzene rings is 1. The van der Waals surface area contributed by atoms with Crippen LogP contribution < -0.4 is 10.1 Å². The van der Waals surface area contributed by atoms with E-state index in [-0.39, 0.29) is 12.2 Å². The number of thioether (sulfide) groups is 1. The van der Waals surface area contributed by atoms with E-state index >= 15 is 0 Å². The van der Waals surface area contributed by atoms with Crippen molar-refractivity contribution in [3.05, 3.63) is 60.8 Å². The van der Waals surface area contributed by atoms with Gasteiger partial charge in [-0.25, -0.2) is 9.78 Å². The lowest BCUT2D eigenvalue weighted by atomic mass is 10.3. The second kappa shape index (κ2) is 9.48. The fraction of sp³-hybridized carbons (Fsp3) is 0.167. The molecule has 6 nitrogen and oxygen atoms in total. The maximum atomic E-state index is 12.0. The number of anilines is 1. The van der Waals surface area contributed by atoms with E-state index in [1.165, 1.54) is 19.4 Å².